The van der Waals surface area contributed by atoms with Crippen LogP contribution in [0.15, 0.2) is 194 Å². The van der Waals surface area contributed by atoms with Gasteiger partial charge in [0, 0.05) is 10.8 Å². The zero-order valence-electron chi connectivity index (χ0n) is 48.0. The maximum atomic E-state index is 13.4. The summed E-state index contributed by atoms with van der Waals surface area (Å²) in [5, 5.41) is 0. The van der Waals surface area contributed by atoms with Crippen molar-refractivity contribution in [3.8, 4) is 45.6 Å². The third-order valence-electron chi connectivity index (χ3n) is 16.3. The molecule has 11 nitrogen and oxygen atoms in total. The van der Waals surface area contributed by atoms with Crippen molar-refractivity contribution in [3.05, 3.63) is 239 Å². The van der Waals surface area contributed by atoms with Crippen molar-refractivity contribution in [2.75, 3.05) is 0 Å². The predicted molar refractivity (Wildman–Crippen MR) is 320 cm³/mol. The molecular weight excluding hydrogens is 1040 g/mol. The van der Waals surface area contributed by atoms with E-state index < -0.39 is 24.2 Å². The lowest BCUT2D eigenvalue weighted by atomic mass is 9.65. The van der Waals surface area contributed by atoms with Gasteiger partial charge in [0.2, 0.25) is 0 Å². The standard InChI is InChI=1S/C72H70O11/c1-69(2,3)53-21-33-59(34-22-53)77-65(73)51-17-13-49(14-18-51)50-15-19-52(20-16-50)66(74)78-60-37-25-55(26-38-60)72(47-11-8-12-48-72)58-31-43-64(44-32-58)82-83-68(76)81-63-41-29-57(30-42-63)71(45-9-7-10-46-71)56-27-39-62(40-28-56)80-67(75)79-61-35-23-54(24-36-61)70(4,5)6/h13-44H,7-12,45-48H2,1-6H3. The van der Waals surface area contributed by atoms with Gasteiger partial charge in [-0.15, -0.1) is 0 Å². The summed E-state index contributed by atoms with van der Waals surface area (Å²) in [6.07, 6.45) is 8.47. The van der Waals surface area contributed by atoms with E-state index in [4.69, 9.17) is 33.5 Å². The number of benzene rings is 8. The van der Waals surface area contributed by atoms with Crippen molar-refractivity contribution in [1.29, 1.82) is 0 Å². The first-order valence-electron chi connectivity index (χ1n) is 28.7. The molecule has 424 valence electrons. The maximum Gasteiger partial charge on any atom is 0.555 e. The Labute approximate surface area is 486 Å². The molecule has 0 radical (unpaired) electrons. The van der Waals surface area contributed by atoms with E-state index in [1.807, 2.05) is 121 Å². The third-order valence-corrected chi connectivity index (χ3v) is 16.3. The first-order chi connectivity index (χ1) is 39.9. The van der Waals surface area contributed by atoms with Crippen molar-refractivity contribution in [2.45, 2.75) is 127 Å². The van der Waals surface area contributed by atoms with Crippen LogP contribution >= 0.6 is 0 Å². The molecule has 2 aliphatic rings. The Kier molecular flexibility index (Phi) is 17.0. The van der Waals surface area contributed by atoms with Crippen LogP contribution in [0.3, 0.4) is 0 Å². The molecule has 0 amide bonds. The van der Waals surface area contributed by atoms with Crippen LogP contribution in [0.4, 0.5) is 9.59 Å². The van der Waals surface area contributed by atoms with Crippen molar-refractivity contribution in [3.63, 3.8) is 0 Å². The van der Waals surface area contributed by atoms with Gasteiger partial charge in [-0.2, -0.15) is 4.79 Å². The van der Waals surface area contributed by atoms with E-state index in [-0.39, 0.29) is 21.7 Å². The van der Waals surface area contributed by atoms with Crippen molar-refractivity contribution < 1.29 is 52.6 Å². The molecule has 0 bridgehead atoms. The molecule has 0 heterocycles. The number of ether oxygens (including phenoxy) is 5. The zero-order chi connectivity index (χ0) is 58.2. The van der Waals surface area contributed by atoms with E-state index in [9.17, 15) is 19.2 Å². The third kappa shape index (κ3) is 13.7. The highest BCUT2D eigenvalue weighted by Crippen LogP contribution is 2.47. The molecule has 0 spiro atoms. The average Bonchev–Trinajstić information content (AvgIpc) is 3.39. The first-order valence-corrected chi connectivity index (χ1v) is 28.7. The summed E-state index contributed by atoms with van der Waals surface area (Å²) in [6, 6.07) is 59.8. The number of carbonyl (C=O) groups is 4. The van der Waals surface area contributed by atoms with Crippen molar-refractivity contribution in [2.24, 2.45) is 0 Å². The number of esters is 2. The van der Waals surface area contributed by atoms with Gasteiger partial charge < -0.3 is 23.7 Å². The normalized spacial score (nSPS) is 14.8. The van der Waals surface area contributed by atoms with Gasteiger partial charge in [-0.1, -0.05) is 177 Å². The second-order valence-corrected chi connectivity index (χ2v) is 23.8. The van der Waals surface area contributed by atoms with Gasteiger partial charge in [-0.05, 0) is 178 Å². The molecule has 0 unspecified atom stereocenters. The maximum absolute atomic E-state index is 13.4. The molecule has 0 aliphatic heterocycles. The highest BCUT2D eigenvalue weighted by atomic mass is 17.2. The van der Waals surface area contributed by atoms with Gasteiger partial charge in [0.1, 0.15) is 28.7 Å². The monoisotopic (exact) mass is 1110 g/mol. The SMILES string of the molecule is CC(C)(C)c1ccc(OC(=O)Oc2ccc(C3(c4ccc(OC(=O)OOc5ccc(C6(c7ccc(OC(=O)c8ccc(-c9ccc(C(=O)Oc%10ccc(C(C)(C)C)cc%10)cc9)cc8)cc7)CCCCC6)cc5)cc4)CCCCC3)cc2)cc1. The highest BCUT2D eigenvalue weighted by Gasteiger charge is 2.37. The lowest BCUT2D eigenvalue weighted by Crippen LogP contribution is -2.30. The van der Waals surface area contributed by atoms with Crippen LogP contribution in [-0.2, 0) is 26.5 Å². The molecular formula is C72H70O11. The fourth-order valence-electron chi connectivity index (χ4n) is 11.5. The number of rotatable bonds is 14. The van der Waals surface area contributed by atoms with Crippen molar-refractivity contribution >= 4 is 24.2 Å². The van der Waals surface area contributed by atoms with E-state index >= 15 is 0 Å². The van der Waals surface area contributed by atoms with Crippen LogP contribution in [0, 0.1) is 0 Å². The summed E-state index contributed by atoms with van der Waals surface area (Å²) in [4.78, 5) is 62.5. The van der Waals surface area contributed by atoms with Crippen LogP contribution in [0.1, 0.15) is 160 Å². The molecule has 11 heteroatoms. The quantitative estimate of drug-likeness (QED) is 0.0339. The van der Waals surface area contributed by atoms with Crippen LogP contribution in [0.5, 0.6) is 34.5 Å². The number of carbonyl (C=O) groups excluding carboxylic acids is 4. The Morgan fingerprint density at radius 3 is 0.904 bits per heavy atom. The summed E-state index contributed by atoms with van der Waals surface area (Å²) in [7, 11) is 0. The second kappa shape index (κ2) is 24.6. The summed E-state index contributed by atoms with van der Waals surface area (Å²) < 4.78 is 28.0. The van der Waals surface area contributed by atoms with E-state index in [0.29, 0.717) is 45.6 Å². The summed E-state index contributed by atoms with van der Waals surface area (Å²) in [5.41, 5.74) is 8.76. The van der Waals surface area contributed by atoms with Gasteiger partial charge >= 0.3 is 24.2 Å². The van der Waals surface area contributed by atoms with E-state index in [1.54, 1.807) is 72.8 Å². The number of hydrogen-bond donors (Lipinski definition) is 0. The van der Waals surface area contributed by atoms with Crippen molar-refractivity contribution in [1.82, 2.24) is 0 Å². The molecule has 8 aromatic rings. The predicted octanol–water partition coefficient (Wildman–Crippen LogP) is 18.0. The van der Waals surface area contributed by atoms with Gasteiger partial charge in [-0.25, -0.2) is 19.3 Å². The fraction of sp³-hybridized carbons (Fsp3) is 0.278. The topological polar surface area (TPSA) is 133 Å². The van der Waals surface area contributed by atoms with Gasteiger partial charge in [-0.3, -0.25) is 4.89 Å². The van der Waals surface area contributed by atoms with Gasteiger partial charge in [0.15, 0.2) is 5.75 Å². The number of hydrogen-bond acceptors (Lipinski definition) is 11. The van der Waals surface area contributed by atoms with Crippen LogP contribution < -0.4 is 28.6 Å². The minimum atomic E-state index is -1.01. The highest BCUT2D eigenvalue weighted by molar-refractivity contribution is 5.93. The van der Waals surface area contributed by atoms with Crippen LogP contribution in [-0.4, -0.2) is 24.2 Å². The van der Waals surface area contributed by atoms with Crippen LogP contribution in [0.2, 0.25) is 0 Å². The summed E-state index contributed by atoms with van der Waals surface area (Å²) in [6.45, 7) is 12.8. The van der Waals surface area contributed by atoms with E-state index in [1.165, 1.54) is 0 Å². The molecule has 8 aromatic carbocycles. The molecule has 2 aliphatic carbocycles. The lowest BCUT2D eigenvalue weighted by molar-refractivity contribution is -0.157. The molecule has 0 aromatic heterocycles. The molecule has 10 rings (SSSR count). The Balaban J connectivity index is 0.708. The Morgan fingerprint density at radius 1 is 0.313 bits per heavy atom. The first kappa shape index (κ1) is 57.3. The Hall–Kier alpha value is -8.96. The van der Waals surface area contributed by atoms with E-state index in [2.05, 4.69) is 41.5 Å². The zero-order valence-corrected chi connectivity index (χ0v) is 48.0. The fourth-order valence-corrected chi connectivity index (χ4v) is 11.5. The molecule has 83 heavy (non-hydrogen) atoms. The summed E-state index contributed by atoms with van der Waals surface area (Å²) >= 11 is 0. The van der Waals surface area contributed by atoms with Crippen LogP contribution in [0.25, 0.3) is 11.1 Å². The second-order valence-electron chi connectivity index (χ2n) is 23.8. The minimum Gasteiger partial charge on any atom is -0.423 e. The average molecular weight is 1110 g/mol. The molecule has 2 saturated carbocycles. The minimum absolute atomic E-state index is 0.000855. The van der Waals surface area contributed by atoms with E-state index in [0.717, 1.165) is 109 Å². The molecule has 0 atom stereocenters. The summed E-state index contributed by atoms with van der Waals surface area (Å²) in [5.74, 6) is 1.47. The molecule has 0 N–H and O–H groups in total. The van der Waals surface area contributed by atoms with Gasteiger partial charge in [0.05, 0.1) is 11.1 Å². The lowest BCUT2D eigenvalue weighted by Gasteiger charge is -2.38. The van der Waals surface area contributed by atoms with Gasteiger partial charge in [0.25, 0.3) is 0 Å². The smallest absolute Gasteiger partial charge is 0.423 e. The molecule has 0 saturated heterocycles. The largest absolute Gasteiger partial charge is 0.555 e. The Morgan fingerprint density at radius 2 is 0.590 bits per heavy atom. The Bertz CT molecular complexity index is 3510. The molecule has 2 fully saturated rings.